The van der Waals surface area contributed by atoms with E-state index in [1.165, 1.54) is 0 Å². The lowest BCUT2D eigenvalue weighted by atomic mass is 10.2. The standard InChI is InChI=1S/C14H34O2Si2/c1-11-13(16-17(6,7)8)12(2)15-18(9,10)14(3,4)5/h12-13H,11H2,1-10H3/t12-,13-/m0/s1. The Kier molecular flexibility index (Phi) is 6.32. The van der Waals surface area contributed by atoms with Gasteiger partial charge in [0, 0.05) is 0 Å². The Balaban J connectivity index is 4.68. The van der Waals surface area contributed by atoms with Crippen molar-refractivity contribution in [2.75, 3.05) is 0 Å². The molecular formula is C14H34O2Si2. The molecule has 0 unspecified atom stereocenters. The average molecular weight is 291 g/mol. The molecule has 0 saturated carbocycles. The molecule has 0 radical (unpaired) electrons. The van der Waals surface area contributed by atoms with Crippen molar-refractivity contribution < 1.29 is 8.85 Å². The molecule has 0 aliphatic carbocycles. The fourth-order valence-corrected chi connectivity index (χ4v) is 4.38. The van der Waals surface area contributed by atoms with Crippen molar-refractivity contribution in [1.82, 2.24) is 0 Å². The third-order valence-corrected chi connectivity index (χ3v) is 9.30. The maximum atomic E-state index is 6.44. The summed E-state index contributed by atoms with van der Waals surface area (Å²) in [7, 11) is -3.18. The van der Waals surface area contributed by atoms with Gasteiger partial charge in [0.25, 0.3) is 0 Å². The molecule has 0 aromatic carbocycles. The first-order chi connectivity index (χ1) is 7.80. The molecule has 0 bridgehead atoms. The van der Waals surface area contributed by atoms with Gasteiger partial charge in [-0.15, -0.1) is 0 Å². The zero-order valence-electron chi connectivity index (χ0n) is 14.2. The minimum Gasteiger partial charge on any atom is -0.412 e. The number of rotatable bonds is 6. The van der Waals surface area contributed by atoms with Crippen molar-refractivity contribution in [3.05, 3.63) is 0 Å². The molecule has 0 spiro atoms. The Morgan fingerprint density at radius 2 is 1.39 bits per heavy atom. The molecule has 110 valence electrons. The molecule has 18 heavy (non-hydrogen) atoms. The van der Waals surface area contributed by atoms with Crippen LogP contribution >= 0.6 is 0 Å². The van der Waals surface area contributed by atoms with Gasteiger partial charge in [-0.1, -0.05) is 27.7 Å². The predicted molar refractivity (Wildman–Crippen MR) is 86.3 cm³/mol. The third-order valence-electron chi connectivity index (χ3n) is 3.72. The van der Waals surface area contributed by atoms with Crippen LogP contribution in [-0.4, -0.2) is 28.8 Å². The molecular weight excluding hydrogens is 256 g/mol. The Morgan fingerprint density at radius 3 is 1.67 bits per heavy atom. The lowest BCUT2D eigenvalue weighted by molar-refractivity contribution is 0.0489. The summed E-state index contributed by atoms with van der Waals surface area (Å²) in [6, 6.07) is 0. The molecule has 2 nitrogen and oxygen atoms in total. The molecule has 0 aromatic heterocycles. The molecule has 2 atom stereocenters. The molecule has 0 rings (SSSR count). The Morgan fingerprint density at radius 1 is 0.944 bits per heavy atom. The Labute approximate surface area is 117 Å². The van der Waals surface area contributed by atoms with Crippen LogP contribution in [-0.2, 0) is 8.85 Å². The largest absolute Gasteiger partial charge is 0.412 e. The molecule has 4 heteroatoms. The van der Waals surface area contributed by atoms with Crippen LogP contribution in [0.15, 0.2) is 0 Å². The number of hydrogen-bond donors (Lipinski definition) is 0. The van der Waals surface area contributed by atoms with Gasteiger partial charge in [-0.3, -0.25) is 0 Å². The monoisotopic (exact) mass is 290 g/mol. The van der Waals surface area contributed by atoms with Crippen LogP contribution in [0.1, 0.15) is 41.0 Å². The summed E-state index contributed by atoms with van der Waals surface area (Å²) in [5.74, 6) is 0. The maximum absolute atomic E-state index is 6.44. The summed E-state index contributed by atoms with van der Waals surface area (Å²) >= 11 is 0. The third kappa shape index (κ3) is 6.00. The van der Waals surface area contributed by atoms with Crippen molar-refractivity contribution in [2.24, 2.45) is 0 Å². The molecule has 0 saturated heterocycles. The van der Waals surface area contributed by atoms with Crippen LogP contribution in [0.3, 0.4) is 0 Å². The minimum absolute atomic E-state index is 0.197. The predicted octanol–water partition coefficient (Wildman–Crippen LogP) is 5.03. The van der Waals surface area contributed by atoms with Crippen LogP contribution in [0.4, 0.5) is 0 Å². The van der Waals surface area contributed by atoms with Crippen molar-refractivity contribution in [3.8, 4) is 0 Å². The molecule has 0 heterocycles. The lowest BCUT2D eigenvalue weighted by Gasteiger charge is -2.41. The van der Waals surface area contributed by atoms with Crippen molar-refractivity contribution >= 4 is 16.6 Å². The second kappa shape index (κ2) is 6.20. The average Bonchev–Trinajstić information content (AvgIpc) is 2.09. The van der Waals surface area contributed by atoms with E-state index >= 15 is 0 Å². The van der Waals surface area contributed by atoms with E-state index in [9.17, 15) is 0 Å². The highest BCUT2D eigenvalue weighted by Gasteiger charge is 2.40. The summed E-state index contributed by atoms with van der Waals surface area (Å²) in [5.41, 5.74) is 0. The minimum atomic E-state index is -1.69. The first-order valence-electron chi connectivity index (χ1n) is 7.16. The van der Waals surface area contributed by atoms with Crippen LogP contribution in [0.2, 0.25) is 37.8 Å². The second-order valence-electron chi connectivity index (χ2n) is 7.76. The summed E-state index contributed by atoms with van der Waals surface area (Å²) in [4.78, 5) is 0. The van der Waals surface area contributed by atoms with Gasteiger partial charge in [-0.2, -0.15) is 0 Å². The highest BCUT2D eigenvalue weighted by Crippen LogP contribution is 2.38. The van der Waals surface area contributed by atoms with E-state index in [-0.39, 0.29) is 17.2 Å². The maximum Gasteiger partial charge on any atom is 0.192 e. The van der Waals surface area contributed by atoms with Gasteiger partial charge in [0.15, 0.2) is 16.6 Å². The first kappa shape index (κ1) is 18.4. The quantitative estimate of drug-likeness (QED) is 0.639. The highest BCUT2D eigenvalue weighted by atomic mass is 28.4. The summed E-state index contributed by atoms with van der Waals surface area (Å²) in [5, 5.41) is 0.263. The van der Waals surface area contributed by atoms with E-state index in [4.69, 9.17) is 8.85 Å². The molecule has 0 fully saturated rings. The van der Waals surface area contributed by atoms with Gasteiger partial charge in [0.1, 0.15) is 0 Å². The second-order valence-corrected chi connectivity index (χ2v) is 17.0. The number of hydrogen-bond acceptors (Lipinski definition) is 2. The fourth-order valence-electron chi connectivity index (χ4n) is 1.68. The zero-order chi connectivity index (χ0) is 14.8. The first-order valence-corrected chi connectivity index (χ1v) is 13.5. The normalized spacial score (nSPS) is 17.7. The van der Waals surface area contributed by atoms with Gasteiger partial charge in [-0.25, -0.2) is 0 Å². The van der Waals surface area contributed by atoms with Gasteiger partial charge in [0.05, 0.1) is 12.2 Å². The van der Waals surface area contributed by atoms with Gasteiger partial charge >= 0.3 is 0 Å². The Hall–Kier alpha value is 0.354. The van der Waals surface area contributed by atoms with E-state index in [1.54, 1.807) is 0 Å². The van der Waals surface area contributed by atoms with E-state index in [0.29, 0.717) is 0 Å². The van der Waals surface area contributed by atoms with Crippen LogP contribution in [0, 0.1) is 0 Å². The summed E-state index contributed by atoms with van der Waals surface area (Å²) in [6.45, 7) is 22.6. The molecule has 0 aliphatic heterocycles. The van der Waals surface area contributed by atoms with Gasteiger partial charge < -0.3 is 8.85 Å². The molecule has 0 aliphatic rings. The van der Waals surface area contributed by atoms with Gasteiger partial charge in [0.2, 0.25) is 0 Å². The van der Waals surface area contributed by atoms with E-state index in [0.717, 1.165) is 6.42 Å². The van der Waals surface area contributed by atoms with Crippen molar-refractivity contribution in [3.63, 3.8) is 0 Å². The molecule has 0 amide bonds. The molecule has 0 aromatic rings. The molecule has 0 N–H and O–H groups in total. The smallest absolute Gasteiger partial charge is 0.192 e. The van der Waals surface area contributed by atoms with Crippen molar-refractivity contribution in [2.45, 2.75) is 91.0 Å². The Bertz CT molecular complexity index is 252. The lowest BCUT2D eigenvalue weighted by Crippen LogP contribution is -2.48. The van der Waals surface area contributed by atoms with Crippen LogP contribution in [0.5, 0.6) is 0 Å². The summed E-state index contributed by atoms with van der Waals surface area (Å²) < 4.78 is 12.7. The van der Waals surface area contributed by atoms with Crippen LogP contribution < -0.4 is 0 Å². The van der Waals surface area contributed by atoms with E-state index < -0.39 is 16.6 Å². The SMILES string of the molecule is CC[C@H](O[Si](C)(C)C)[C@H](C)O[Si](C)(C)C(C)(C)C. The topological polar surface area (TPSA) is 18.5 Å². The van der Waals surface area contributed by atoms with E-state index in [2.05, 4.69) is 67.4 Å². The fraction of sp³-hybridized carbons (Fsp3) is 1.00. The van der Waals surface area contributed by atoms with E-state index in [1.807, 2.05) is 0 Å². The summed E-state index contributed by atoms with van der Waals surface area (Å²) in [6.07, 6.45) is 1.47. The van der Waals surface area contributed by atoms with Crippen molar-refractivity contribution in [1.29, 1.82) is 0 Å². The van der Waals surface area contributed by atoms with Gasteiger partial charge in [-0.05, 0) is 51.1 Å². The highest BCUT2D eigenvalue weighted by molar-refractivity contribution is 6.74. The zero-order valence-corrected chi connectivity index (χ0v) is 16.2. The van der Waals surface area contributed by atoms with Crippen LogP contribution in [0.25, 0.3) is 0 Å².